The van der Waals surface area contributed by atoms with E-state index in [-0.39, 0.29) is 5.41 Å². The third kappa shape index (κ3) is 8.46. The van der Waals surface area contributed by atoms with Crippen LogP contribution in [0.2, 0.25) is 0 Å². The second kappa shape index (κ2) is 7.43. The normalized spacial score (nSPS) is 12.4. The van der Waals surface area contributed by atoms with Crippen LogP contribution in [0.15, 0.2) is 23.3 Å². The zero-order valence-corrected chi connectivity index (χ0v) is 11.5. The van der Waals surface area contributed by atoms with Crippen LogP contribution in [0.5, 0.6) is 0 Å². The summed E-state index contributed by atoms with van der Waals surface area (Å²) in [4.78, 5) is 10.7. The molecular weight excluding hydrogens is 196 g/mol. The van der Waals surface area contributed by atoms with Crippen molar-refractivity contribution < 1.29 is 4.79 Å². The highest BCUT2D eigenvalue weighted by Crippen LogP contribution is 2.20. The van der Waals surface area contributed by atoms with Gasteiger partial charge in [-0.05, 0) is 46.5 Å². The van der Waals surface area contributed by atoms with Gasteiger partial charge in [0.1, 0.15) is 6.29 Å². The van der Waals surface area contributed by atoms with Crippen LogP contribution in [0, 0.1) is 5.41 Å². The van der Waals surface area contributed by atoms with Gasteiger partial charge in [0.25, 0.3) is 0 Å². The van der Waals surface area contributed by atoms with Crippen molar-refractivity contribution in [2.24, 2.45) is 5.41 Å². The number of aldehydes is 1. The Balaban J connectivity index is 3.88. The molecule has 0 atom stereocenters. The number of allylic oxidation sites excluding steroid dienone is 4. The molecule has 0 aliphatic carbocycles. The fourth-order valence-electron chi connectivity index (χ4n) is 1.44. The van der Waals surface area contributed by atoms with Gasteiger partial charge in [-0.15, -0.1) is 0 Å². The Labute approximate surface area is 101 Å². The maximum atomic E-state index is 10.7. The van der Waals surface area contributed by atoms with Crippen molar-refractivity contribution in [3.63, 3.8) is 0 Å². The monoisotopic (exact) mass is 222 g/mol. The lowest BCUT2D eigenvalue weighted by Crippen LogP contribution is -2.11. The molecule has 0 N–H and O–H groups in total. The minimum Gasteiger partial charge on any atom is -0.303 e. The van der Waals surface area contributed by atoms with Crippen LogP contribution in [-0.2, 0) is 4.79 Å². The van der Waals surface area contributed by atoms with Crippen molar-refractivity contribution in [2.45, 2.75) is 60.3 Å². The molecule has 0 aromatic rings. The molecule has 0 aliphatic heterocycles. The highest BCUT2D eigenvalue weighted by molar-refractivity contribution is 5.57. The van der Waals surface area contributed by atoms with Crippen LogP contribution < -0.4 is 0 Å². The molecule has 0 saturated carbocycles. The predicted octanol–water partition coefficient (Wildman–Crippen LogP) is 4.68. The Hall–Kier alpha value is -0.850. The highest BCUT2D eigenvalue weighted by Gasteiger charge is 2.14. The molecule has 16 heavy (non-hydrogen) atoms. The minimum atomic E-state index is -0.170. The van der Waals surface area contributed by atoms with E-state index in [1.165, 1.54) is 11.1 Å². The van der Waals surface area contributed by atoms with Gasteiger partial charge in [-0.3, -0.25) is 0 Å². The molecule has 1 nitrogen and oxygen atoms in total. The Bertz CT molecular complexity index is 265. The topological polar surface area (TPSA) is 17.1 Å². The summed E-state index contributed by atoms with van der Waals surface area (Å²) < 4.78 is 0. The van der Waals surface area contributed by atoms with Crippen molar-refractivity contribution in [3.8, 4) is 0 Å². The van der Waals surface area contributed by atoms with Gasteiger partial charge >= 0.3 is 0 Å². The van der Waals surface area contributed by atoms with Crippen molar-refractivity contribution in [1.29, 1.82) is 0 Å². The molecule has 0 aliphatic rings. The summed E-state index contributed by atoms with van der Waals surface area (Å²) in [5.41, 5.74) is 2.64. The Morgan fingerprint density at radius 1 is 1.06 bits per heavy atom. The summed E-state index contributed by atoms with van der Waals surface area (Å²) in [5.74, 6) is 0. The second-order valence-electron chi connectivity index (χ2n) is 5.52. The van der Waals surface area contributed by atoms with Gasteiger partial charge in [-0.1, -0.05) is 37.1 Å². The first-order valence-corrected chi connectivity index (χ1v) is 6.13. The van der Waals surface area contributed by atoms with Crippen LogP contribution in [0.25, 0.3) is 0 Å². The summed E-state index contributed by atoms with van der Waals surface area (Å²) in [7, 11) is 0. The van der Waals surface area contributed by atoms with E-state index in [1.54, 1.807) is 0 Å². The van der Waals surface area contributed by atoms with Gasteiger partial charge in [0.15, 0.2) is 0 Å². The number of carbonyl (C=O) groups is 1. The second-order valence-corrected chi connectivity index (χ2v) is 5.52. The van der Waals surface area contributed by atoms with Crippen molar-refractivity contribution in [2.75, 3.05) is 0 Å². The molecule has 0 spiro atoms. The number of carbonyl (C=O) groups excluding carboxylic acids is 1. The lowest BCUT2D eigenvalue weighted by molar-refractivity contribution is -0.114. The first-order chi connectivity index (χ1) is 7.37. The summed E-state index contributed by atoms with van der Waals surface area (Å²) >= 11 is 0. The van der Waals surface area contributed by atoms with Crippen LogP contribution in [-0.4, -0.2) is 6.29 Å². The van der Waals surface area contributed by atoms with E-state index >= 15 is 0 Å². The fourth-order valence-corrected chi connectivity index (χ4v) is 1.44. The predicted molar refractivity (Wildman–Crippen MR) is 71.5 cm³/mol. The molecule has 0 unspecified atom stereocenters. The van der Waals surface area contributed by atoms with Crippen LogP contribution in [0.3, 0.4) is 0 Å². The van der Waals surface area contributed by atoms with E-state index < -0.39 is 0 Å². The Morgan fingerprint density at radius 3 is 2.19 bits per heavy atom. The van der Waals surface area contributed by atoms with Crippen LogP contribution in [0.4, 0.5) is 0 Å². The average Bonchev–Trinajstić information content (AvgIpc) is 2.17. The molecule has 0 fully saturated rings. The SMILES string of the molecule is CC(C)=CCC/C(C)=C/CCC(C)(C)C=O. The van der Waals surface area contributed by atoms with E-state index in [1.807, 2.05) is 13.8 Å². The molecule has 0 aromatic carbocycles. The molecule has 92 valence electrons. The molecule has 0 heterocycles. The van der Waals surface area contributed by atoms with Gasteiger partial charge in [-0.2, -0.15) is 0 Å². The quantitative estimate of drug-likeness (QED) is 0.451. The van der Waals surface area contributed by atoms with Gasteiger partial charge in [0, 0.05) is 5.41 Å². The van der Waals surface area contributed by atoms with E-state index in [9.17, 15) is 4.79 Å². The molecule has 0 bridgehead atoms. The number of hydrogen-bond acceptors (Lipinski definition) is 1. The first kappa shape index (κ1) is 15.2. The van der Waals surface area contributed by atoms with Crippen LogP contribution >= 0.6 is 0 Å². The van der Waals surface area contributed by atoms with Crippen molar-refractivity contribution >= 4 is 6.29 Å². The van der Waals surface area contributed by atoms with Crippen molar-refractivity contribution in [3.05, 3.63) is 23.3 Å². The van der Waals surface area contributed by atoms with E-state index in [0.29, 0.717) is 0 Å². The molecule has 0 amide bonds. The molecule has 0 rings (SSSR count). The maximum absolute atomic E-state index is 10.7. The first-order valence-electron chi connectivity index (χ1n) is 6.13. The van der Waals surface area contributed by atoms with E-state index in [4.69, 9.17) is 0 Å². The van der Waals surface area contributed by atoms with Gasteiger partial charge in [0.05, 0.1) is 0 Å². The smallest absolute Gasteiger partial charge is 0.125 e. The maximum Gasteiger partial charge on any atom is 0.125 e. The van der Waals surface area contributed by atoms with Crippen molar-refractivity contribution in [1.82, 2.24) is 0 Å². The zero-order chi connectivity index (χ0) is 12.6. The summed E-state index contributed by atoms with van der Waals surface area (Å²) in [5, 5.41) is 0. The van der Waals surface area contributed by atoms with Gasteiger partial charge in [-0.25, -0.2) is 0 Å². The highest BCUT2D eigenvalue weighted by atomic mass is 16.1. The molecular formula is C15H26O. The molecule has 0 aromatic heterocycles. The average molecular weight is 222 g/mol. The number of rotatable bonds is 7. The largest absolute Gasteiger partial charge is 0.303 e. The lowest BCUT2D eigenvalue weighted by atomic mass is 9.89. The summed E-state index contributed by atoms with van der Waals surface area (Å²) in [6.45, 7) is 10.4. The summed E-state index contributed by atoms with van der Waals surface area (Å²) in [6, 6.07) is 0. The van der Waals surface area contributed by atoms with E-state index in [2.05, 4.69) is 32.9 Å². The van der Waals surface area contributed by atoms with E-state index in [0.717, 1.165) is 32.0 Å². The lowest BCUT2D eigenvalue weighted by Gasteiger charge is -2.14. The summed E-state index contributed by atoms with van der Waals surface area (Å²) in [6.07, 6.45) is 9.80. The van der Waals surface area contributed by atoms with Gasteiger partial charge < -0.3 is 4.79 Å². The third-order valence-corrected chi connectivity index (χ3v) is 2.69. The minimum absolute atomic E-state index is 0.170. The molecule has 0 saturated heterocycles. The molecule has 0 radical (unpaired) electrons. The zero-order valence-electron chi connectivity index (χ0n) is 11.5. The third-order valence-electron chi connectivity index (χ3n) is 2.69. The van der Waals surface area contributed by atoms with Crippen LogP contribution in [0.1, 0.15) is 60.3 Å². The Morgan fingerprint density at radius 2 is 1.69 bits per heavy atom. The number of hydrogen-bond donors (Lipinski definition) is 0. The van der Waals surface area contributed by atoms with Gasteiger partial charge in [0.2, 0.25) is 0 Å². The fraction of sp³-hybridized carbons (Fsp3) is 0.667. The standard InChI is InChI=1S/C15H26O/c1-13(2)8-6-9-14(3)10-7-11-15(4,5)12-16/h8,10,12H,6-7,9,11H2,1-5H3/b14-10+. The molecule has 1 heteroatoms. The Kier molecular flexibility index (Phi) is 7.03.